The summed E-state index contributed by atoms with van der Waals surface area (Å²) in [6, 6.07) is -5.23. The number of ketones is 1. The lowest BCUT2D eigenvalue weighted by atomic mass is 9.94. The van der Waals surface area contributed by atoms with E-state index < -0.39 is 273 Å². The van der Waals surface area contributed by atoms with Crippen molar-refractivity contribution in [3.8, 4) is 0 Å². The Bertz CT molecular complexity index is 4810. The van der Waals surface area contributed by atoms with E-state index in [2.05, 4.69) is 75.4 Å². The number of aliphatic imine (C=N–C) groups is 1. The van der Waals surface area contributed by atoms with Crippen LogP contribution in [0.3, 0.4) is 0 Å². The number of carboxylic acids is 4. The van der Waals surface area contributed by atoms with Crippen LogP contribution in [0.4, 0.5) is 11.4 Å². The smallest absolute Gasteiger partial charge is 0.329 e. The number of unbranched alkanes of at least 4 members (excludes halogenated alkanes) is 6. The molecule has 3 aromatic carbocycles. The average Bonchev–Trinajstić information content (AvgIpc) is 1.72. The van der Waals surface area contributed by atoms with Gasteiger partial charge in [-0.3, -0.25) is 101 Å². The van der Waals surface area contributed by atoms with E-state index in [9.17, 15) is 117 Å². The number of carbonyl (C=O) groups is 21. The van der Waals surface area contributed by atoms with Gasteiger partial charge in [0.15, 0.2) is 5.78 Å². The van der Waals surface area contributed by atoms with E-state index in [0.29, 0.717) is 35.0 Å². The molecule has 0 radical (unpaired) electrons. The lowest BCUT2D eigenvalue weighted by Crippen LogP contribution is -2.62. The maximum Gasteiger partial charge on any atom is 0.329 e. The second-order valence-corrected chi connectivity index (χ2v) is 31.0. The summed E-state index contributed by atoms with van der Waals surface area (Å²) in [7, 11) is 0. The summed E-state index contributed by atoms with van der Waals surface area (Å²) in [6.45, 7) is 0.826. The molecule has 46 nitrogen and oxygen atoms in total. The zero-order valence-corrected chi connectivity index (χ0v) is 71.2. The fourth-order valence-electron chi connectivity index (χ4n) is 13.8. The van der Waals surface area contributed by atoms with Crippen LogP contribution in [0.1, 0.15) is 164 Å². The highest BCUT2D eigenvalue weighted by Crippen LogP contribution is 2.34. The monoisotopic (exact) mass is 1810 g/mol. The molecule has 4 aromatic rings. The first kappa shape index (κ1) is 103. The zero-order valence-electron chi connectivity index (χ0n) is 71.2. The Morgan fingerprint density at radius 2 is 1.12 bits per heavy atom. The Kier molecular flexibility index (Phi) is 41.2. The Morgan fingerprint density at radius 3 is 1.77 bits per heavy atom. The van der Waals surface area contributed by atoms with Crippen molar-refractivity contribution in [1.29, 1.82) is 0 Å². The number of hydrogen-bond donors (Lipinski definition) is 23. The molecule has 0 spiro atoms. The minimum atomic E-state index is -2.51. The number of rotatable bonds is 39. The molecule has 1 aromatic heterocycles. The molecule has 0 bridgehead atoms. The van der Waals surface area contributed by atoms with Crippen molar-refractivity contribution in [3.05, 3.63) is 95.7 Å². The normalized spacial score (nSPS) is 21.2. The largest absolute Gasteiger partial charge is 0.481 e. The fraction of sp³-hybridized carbons (Fsp3) is 0.494. The Balaban J connectivity index is 1.42. The number of benzene rings is 3. The SMILES string of the molecule is CCCCCCCCCC(=O)N[C@@H](Cc1c[nH]c2ccccc12)C(=O)N[C@@H](CC(N)=O)C(=O)N[C@@H](CC(=O)O)C(=O)N[C@@H]1C(=O)NCC(=O)N[C@@H](CCCNC(=O)C(N)CC2C=Nc3ccccc32)C(=O)N[C@@H](CC(=O)O)C(=O)N[C@H](C)C(=O)N[C@@H](CC(=O)O)C(=O)NCC(=O)N[C@H](CO)C(=O)N[C@@H]([C@H](C)CC(=O)O)C(=O)N[C@@H](CC(=O)c2ccccc2N)C(=O)O[C@@H]1C. The minimum Gasteiger partial charge on any atom is -0.481 e. The van der Waals surface area contributed by atoms with Crippen LogP contribution in [0.2, 0.25) is 0 Å². The van der Waals surface area contributed by atoms with Crippen molar-refractivity contribution < 1.29 is 131 Å². The van der Waals surface area contributed by atoms with Gasteiger partial charge in [0.1, 0.15) is 72.6 Å². The van der Waals surface area contributed by atoms with Crippen LogP contribution in [0.5, 0.6) is 0 Å². The number of nitrogen functional groups attached to an aromatic ring is 1. The molecular formula is C83H111N19O27. The molecule has 15 amide bonds. The molecule has 1 saturated heterocycles. The molecule has 0 aliphatic carbocycles. The number of aromatic nitrogens is 1. The lowest BCUT2D eigenvalue weighted by Gasteiger charge is -2.30. The predicted octanol–water partition coefficient (Wildman–Crippen LogP) is -4.25. The van der Waals surface area contributed by atoms with Gasteiger partial charge in [0, 0.05) is 66.3 Å². The van der Waals surface area contributed by atoms with Gasteiger partial charge in [-0.15, -0.1) is 0 Å². The number of esters is 1. The van der Waals surface area contributed by atoms with Crippen molar-refractivity contribution in [2.24, 2.45) is 22.4 Å². The number of cyclic esters (lactones) is 1. The number of H-pyrrole nitrogens is 1. The number of anilines is 1. The molecule has 26 N–H and O–H groups in total. The number of Topliss-reactive ketones (excluding diaryl/α,β-unsaturated/α-hetero) is 1. The van der Waals surface area contributed by atoms with Crippen LogP contribution in [-0.2, 0) is 107 Å². The molecule has 46 heteroatoms. The number of aliphatic hydroxyl groups is 1. The van der Waals surface area contributed by atoms with Crippen LogP contribution >= 0.6 is 0 Å². The number of ether oxygens (including phenoxy) is 1. The molecule has 0 saturated carbocycles. The quantitative estimate of drug-likeness (QED) is 0.00871. The molecule has 6 rings (SSSR count). The number of nitrogens with one attached hydrogen (secondary N) is 15. The highest BCUT2D eigenvalue weighted by Gasteiger charge is 2.42. The summed E-state index contributed by atoms with van der Waals surface area (Å²) >= 11 is 0. The molecule has 2 unspecified atom stereocenters. The first-order valence-electron chi connectivity index (χ1n) is 41.6. The zero-order chi connectivity index (χ0) is 95.3. The summed E-state index contributed by atoms with van der Waals surface area (Å²) < 4.78 is 5.74. The standard InChI is InChI=1S/C83H111N19O27/c1-5-6-7-8-9-10-11-26-63(106)94-54(30-45-37-89-52-24-17-14-20-47(45)52)77(122)97-55(32-62(86)105)78(123)99-58(35-69(115)116)79(124)102-71-43(4)129-83(128)59(31-61(104)48-21-12-15-22-49(48)84)100-82(127)70(41(2)28-66(109)110)101-80(125)60(40-103)95-65(108)38-90-74(119)56(33-67(111)112)96-72(117)42(3)92-76(121)57(34-68(113)114)98-75(120)53(93-64(107)39-91-81(71)126)25-18-27-87-73(118)50(85)29-44-36-88-51-23-16-13-19-46(44)51/h12-17,19-24,36-37,41-44,50,53-60,70-71,89,103H,5-11,18,25-35,38-40,84-85H2,1-4H3,(H2,86,105)(H,87,118)(H,90,119)(H,91,126)(H,92,121)(H,93,107)(H,94,106)(H,95,108)(H,96,117)(H,97,122)(H,98,120)(H,99,123)(H,100,127)(H,101,125)(H,102,124)(H,109,110)(H,111,112)(H,113,114)(H,115,116)/t41-,42-,43-,44?,50?,53+,54+,55+,56+,57+,58+,59+,60-,70+,71+/m1/s1. The Hall–Kier alpha value is -14.3. The number of nitrogens with two attached hydrogens (primary N) is 3. The van der Waals surface area contributed by atoms with E-state index in [1.165, 1.54) is 24.3 Å². The lowest BCUT2D eigenvalue weighted by molar-refractivity contribution is -0.156. The highest BCUT2D eigenvalue weighted by molar-refractivity contribution is 6.05. The van der Waals surface area contributed by atoms with E-state index in [-0.39, 0.29) is 49.4 Å². The third-order valence-electron chi connectivity index (χ3n) is 20.7. The minimum absolute atomic E-state index is 0.0331. The number of carboxylic acid groups (broad SMARTS) is 4. The molecule has 2 aliphatic heterocycles. The van der Waals surface area contributed by atoms with Crippen LogP contribution < -0.4 is 91.6 Å². The summed E-state index contributed by atoms with van der Waals surface area (Å²) in [4.78, 5) is 298. The van der Waals surface area contributed by atoms with Gasteiger partial charge in [-0.25, -0.2) is 4.79 Å². The van der Waals surface area contributed by atoms with Gasteiger partial charge in [0.2, 0.25) is 88.6 Å². The fourth-order valence-corrected chi connectivity index (χ4v) is 13.8. The van der Waals surface area contributed by atoms with Crippen LogP contribution in [-0.4, -0.2) is 266 Å². The number of amides is 15. The van der Waals surface area contributed by atoms with E-state index in [0.717, 1.165) is 58.4 Å². The summed E-state index contributed by atoms with van der Waals surface area (Å²) in [5.41, 5.74) is 20.2. The van der Waals surface area contributed by atoms with E-state index >= 15 is 9.59 Å². The van der Waals surface area contributed by atoms with Crippen molar-refractivity contribution in [3.63, 3.8) is 0 Å². The predicted molar refractivity (Wildman–Crippen MR) is 454 cm³/mol. The van der Waals surface area contributed by atoms with E-state index in [1.807, 2.05) is 16.0 Å². The molecular weight excluding hydrogens is 1700 g/mol. The van der Waals surface area contributed by atoms with Gasteiger partial charge in [0.25, 0.3) is 0 Å². The Morgan fingerprint density at radius 1 is 0.558 bits per heavy atom. The first-order chi connectivity index (χ1) is 61.2. The first-order valence-corrected chi connectivity index (χ1v) is 41.6. The maximum absolute atomic E-state index is 15.0. The Labute approximate surface area is 738 Å². The number of hydrogen-bond acceptors (Lipinski definition) is 26. The number of aliphatic hydroxyl groups excluding tert-OH is 1. The van der Waals surface area contributed by atoms with E-state index in [1.54, 1.807) is 60.9 Å². The van der Waals surface area contributed by atoms with Crippen molar-refractivity contribution in [2.45, 2.75) is 228 Å². The number of nitrogens with zero attached hydrogens (tertiary/aromatic N) is 1. The molecule has 1 fully saturated rings. The molecule has 15 atom stereocenters. The molecule has 700 valence electrons. The third kappa shape index (κ3) is 33.8. The number of carbonyl (C=O) groups excluding carboxylic acids is 17. The summed E-state index contributed by atoms with van der Waals surface area (Å²) in [5.74, 6) is -31.4. The third-order valence-corrected chi connectivity index (χ3v) is 20.7. The van der Waals surface area contributed by atoms with Gasteiger partial charge in [0.05, 0.1) is 63.5 Å². The van der Waals surface area contributed by atoms with Gasteiger partial charge < -0.3 is 127 Å². The number of aliphatic carboxylic acids is 4. The summed E-state index contributed by atoms with van der Waals surface area (Å²) in [6.07, 6.45) is -1.32. The molecule has 2 aliphatic rings. The topological polar surface area (TPSA) is 743 Å². The van der Waals surface area contributed by atoms with Crippen molar-refractivity contribution >= 4 is 153 Å². The number of aromatic amines is 1. The number of para-hydroxylation sites is 3. The van der Waals surface area contributed by atoms with Crippen LogP contribution in [0.15, 0.2) is 84.0 Å². The van der Waals surface area contributed by atoms with Crippen LogP contribution in [0, 0.1) is 5.92 Å². The van der Waals surface area contributed by atoms with Crippen molar-refractivity contribution in [2.75, 3.05) is 32.0 Å². The van der Waals surface area contributed by atoms with Gasteiger partial charge >= 0.3 is 29.8 Å². The summed E-state index contributed by atoms with van der Waals surface area (Å²) in [5, 5.41) is 82.0. The van der Waals surface area contributed by atoms with Crippen molar-refractivity contribution in [1.82, 2.24) is 79.4 Å². The van der Waals surface area contributed by atoms with Crippen LogP contribution in [0.25, 0.3) is 10.9 Å². The second kappa shape index (κ2) is 51.3. The van der Waals surface area contributed by atoms with E-state index in [4.69, 9.17) is 21.9 Å². The highest BCUT2D eigenvalue weighted by atomic mass is 16.5. The van der Waals surface area contributed by atoms with Gasteiger partial charge in [-0.1, -0.05) is 101 Å². The molecule has 129 heavy (non-hydrogen) atoms. The number of fused-ring (bicyclic) bond motifs is 2. The maximum atomic E-state index is 15.0. The molecule has 3 heterocycles. The van der Waals surface area contributed by atoms with Gasteiger partial charge in [-0.05, 0) is 80.8 Å². The average molecular weight is 1810 g/mol. The van der Waals surface area contributed by atoms with Gasteiger partial charge in [-0.2, -0.15) is 0 Å². The second-order valence-electron chi connectivity index (χ2n) is 31.0. The number of primary amides is 1.